The molecule has 2 aliphatic rings. The van der Waals surface area contributed by atoms with E-state index in [1.807, 2.05) is 76.8 Å². The van der Waals surface area contributed by atoms with Gasteiger partial charge in [-0.2, -0.15) is 26.3 Å². The number of esters is 4. The van der Waals surface area contributed by atoms with Crippen LogP contribution in [0.15, 0.2) is 30.3 Å². The summed E-state index contributed by atoms with van der Waals surface area (Å²) in [4.78, 5) is 76.0. The lowest BCUT2D eigenvalue weighted by Crippen LogP contribution is -2.43. The van der Waals surface area contributed by atoms with Gasteiger partial charge in [0.05, 0.1) is 21.8 Å². The van der Waals surface area contributed by atoms with Gasteiger partial charge in [-0.3, -0.25) is 19.2 Å². The smallest absolute Gasteiger partial charge is 0.425 e. The van der Waals surface area contributed by atoms with Crippen LogP contribution in [0.3, 0.4) is 0 Å². The van der Waals surface area contributed by atoms with Gasteiger partial charge in [0.1, 0.15) is 32.0 Å². The maximum absolute atomic E-state index is 13.6. The van der Waals surface area contributed by atoms with Crippen molar-refractivity contribution in [2.75, 3.05) is 52.4 Å². The lowest BCUT2D eigenvalue weighted by Gasteiger charge is -2.32. The van der Waals surface area contributed by atoms with Gasteiger partial charge in [-0.1, -0.05) is 71.9 Å². The number of hydrogen-bond acceptors (Lipinski definition) is 13. The standard InChI is InChI=1S/C19H22F5NO4.C19H27NO4.C12H22F3NO2.C9H15F3O2/c1-4-19(2,3)17(26)29-10-5-7-25(8-6-10)18(27)28-9-11-12(20)14(22)16(24)15(23)13(11)21;1-4-19(2,3)17(21)24-16-10-12-20(13-11-16)18(22)23-14-15-8-6-5-7-9-15;1-5-11(4,12(13,14)15)10(17)18-9-8-16(6-2)7-3;1-5-8(3,4)7(13)14-6(2)9(10,11)12/h10H,4-9H2,1-3H3;5-9,16H,4,10-14H2,1-3H3;5-9H2,1-4H3;6H,5H2,1-4H3. The van der Waals surface area contributed by atoms with Crippen molar-refractivity contribution in [3.63, 3.8) is 0 Å². The molecular weight excluding hydrogens is 1150 g/mol. The SMILES string of the molecule is CCC(C)(C)C(=O)OC(C)C(F)(F)F.CCC(C)(C)C(=O)OC1CCN(C(=O)OCc2c(F)c(F)c(F)c(F)c2F)CC1.CCC(C)(C)C(=O)OC1CCN(C(=O)OCc2ccccc2)CC1.CCN(CC)CCOC(=O)C(C)(CC)C(F)(F)F. The number of ether oxygens (including phenoxy) is 6. The fourth-order valence-corrected chi connectivity index (χ4v) is 6.99. The maximum Gasteiger partial charge on any atom is 0.425 e. The number of amides is 2. The third-order valence-corrected chi connectivity index (χ3v) is 15.2. The summed E-state index contributed by atoms with van der Waals surface area (Å²) in [6.45, 7) is 25.5. The van der Waals surface area contributed by atoms with E-state index in [1.165, 1.54) is 11.8 Å². The summed E-state index contributed by atoms with van der Waals surface area (Å²) < 4.78 is 171. The first-order valence-electron chi connectivity index (χ1n) is 28.3. The number of carbonyl (C=O) groups excluding carboxylic acids is 6. The average molecular weight is 1240 g/mol. The van der Waals surface area contributed by atoms with E-state index in [1.54, 1.807) is 39.5 Å². The molecule has 2 heterocycles. The Bertz CT molecular complexity index is 2410. The van der Waals surface area contributed by atoms with Crippen molar-refractivity contribution in [3.8, 4) is 0 Å². The largest absolute Gasteiger partial charge is 0.464 e. The first kappa shape index (κ1) is 77.1. The Labute approximate surface area is 491 Å². The van der Waals surface area contributed by atoms with E-state index in [4.69, 9.17) is 23.7 Å². The Balaban J connectivity index is 0.000000588. The average Bonchev–Trinajstić information content (AvgIpc) is 3.46. The summed E-state index contributed by atoms with van der Waals surface area (Å²) >= 11 is 0. The fourth-order valence-electron chi connectivity index (χ4n) is 6.99. The van der Waals surface area contributed by atoms with Crippen LogP contribution in [-0.4, -0.2) is 134 Å². The van der Waals surface area contributed by atoms with E-state index in [-0.39, 0.29) is 63.0 Å². The van der Waals surface area contributed by atoms with Gasteiger partial charge in [0.25, 0.3) is 0 Å². The third-order valence-electron chi connectivity index (χ3n) is 15.2. The Morgan fingerprint density at radius 3 is 1.26 bits per heavy atom. The highest BCUT2D eigenvalue weighted by Gasteiger charge is 2.56. The van der Waals surface area contributed by atoms with Gasteiger partial charge in [0, 0.05) is 58.4 Å². The number of alkyl halides is 6. The number of piperidine rings is 2. The highest BCUT2D eigenvalue weighted by molar-refractivity contribution is 5.78. The minimum atomic E-state index is -4.58. The zero-order chi connectivity index (χ0) is 65.5. The summed E-state index contributed by atoms with van der Waals surface area (Å²) in [5, 5.41) is 0. The molecule has 0 aliphatic carbocycles. The topological polar surface area (TPSA) is 168 Å². The Kier molecular flexibility index (Phi) is 31.2. The molecule has 0 radical (unpaired) electrons. The Hall–Kier alpha value is -5.95. The van der Waals surface area contributed by atoms with Gasteiger partial charge in [-0.05, 0) is 99.7 Å². The van der Waals surface area contributed by atoms with Gasteiger partial charge in [-0.25, -0.2) is 31.5 Å². The summed E-state index contributed by atoms with van der Waals surface area (Å²) in [5.41, 5.74) is -4.59. The molecule has 0 saturated carbocycles. The molecule has 2 atom stereocenters. The van der Waals surface area contributed by atoms with Crippen LogP contribution in [0, 0.1) is 50.7 Å². The van der Waals surface area contributed by atoms with Crippen molar-refractivity contribution >= 4 is 36.1 Å². The zero-order valence-electron chi connectivity index (χ0n) is 51.2. The van der Waals surface area contributed by atoms with Gasteiger partial charge in [0.2, 0.25) is 5.82 Å². The van der Waals surface area contributed by atoms with Crippen LogP contribution in [0.1, 0.15) is 159 Å². The fraction of sp³-hybridized carbons (Fsp3) is 0.695. The lowest BCUT2D eigenvalue weighted by atomic mass is 9.87. The van der Waals surface area contributed by atoms with Crippen molar-refractivity contribution in [1.82, 2.24) is 14.7 Å². The summed E-state index contributed by atoms with van der Waals surface area (Å²) in [5.74, 6) is -13.1. The minimum absolute atomic E-state index is 0.00775. The van der Waals surface area contributed by atoms with E-state index in [0.717, 1.165) is 38.9 Å². The van der Waals surface area contributed by atoms with Crippen molar-refractivity contribution in [2.45, 2.75) is 192 Å². The summed E-state index contributed by atoms with van der Waals surface area (Å²) in [7, 11) is 0. The number of likely N-dealkylation sites (tertiary alicyclic amines) is 2. The molecule has 2 saturated heterocycles. The van der Waals surface area contributed by atoms with Crippen molar-refractivity contribution in [3.05, 3.63) is 70.5 Å². The number of rotatable bonds is 20. The normalized spacial score (nSPS) is 15.5. The van der Waals surface area contributed by atoms with Crippen molar-refractivity contribution in [1.29, 1.82) is 0 Å². The molecule has 2 amide bonds. The molecule has 0 aromatic heterocycles. The summed E-state index contributed by atoms with van der Waals surface area (Å²) in [6, 6.07) is 9.61. The van der Waals surface area contributed by atoms with E-state index < -0.39 is 99.4 Å². The third kappa shape index (κ3) is 24.0. The zero-order valence-corrected chi connectivity index (χ0v) is 51.2. The molecule has 0 N–H and O–H groups in total. The molecule has 0 spiro atoms. The number of nitrogens with zero attached hydrogens (tertiary/aromatic N) is 3. The number of carbonyl (C=O) groups is 6. The number of halogens is 11. The molecule has 2 aromatic rings. The van der Waals surface area contributed by atoms with Gasteiger partial charge in [-0.15, -0.1) is 0 Å². The molecule has 2 aliphatic heterocycles. The highest BCUT2D eigenvalue weighted by Crippen LogP contribution is 2.42. The number of benzene rings is 2. The summed E-state index contributed by atoms with van der Waals surface area (Å²) in [6.07, 6.45) is -9.40. The molecule has 2 fully saturated rings. The second-order valence-electron chi connectivity index (χ2n) is 22.5. The van der Waals surface area contributed by atoms with E-state index in [9.17, 15) is 77.1 Å². The highest BCUT2D eigenvalue weighted by atomic mass is 19.4. The molecule has 2 unspecified atom stereocenters. The predicted octanol–water partition coefficient (Wildman–Crippen LogP) is 14.0. The second-order valence-corrected chi connectivity index (χ2v) is 22.5. The van der Waals surface area contributed by atoms with Crippen LogP contribution >= 0.6 is 0 Å². The molecular formula is C59H86F11N3O12. The first-order chi connectivity index (χ1) is 39.2. The van der Waals surface area contributed by atoms with Gasteiger partial charge >= 0.3 is 48.4 Å². The van der Waals surface area contributed by atoms with E-state index >= 15 is 0 Å². The first-order valence-corrected chi connectivity index (χ1v) is 28.3. The Morgan fingerprint density at radius 2 is 0.906 bits per heavy atom. The number of likely N-dealkylation sites (N-methyl/N-ethyl adjacent to an activating group) is 1. The number of hydrogen-bond donors (Lipinski definition) is 0. The Morgan fingerprint density at radius 1 is 0.529 bits per heavy atom. The molecule has 486 valence electrons. The second kappa shape index (κ2) is 34.4. The van der Waals surface area contributed by atoms with Crippen LogP contribution in [0.5, 0.6) is 0 Å². The molecule has 85 heavy (non-hydrogen) atoms. The van der Waals surface area contributed by atoms with Crippen LogP contribution in [0.25, 0.3) is 0 Å². The van der Waals surface area contributed by atoms with Gasteiger partial charge < -0.3 is 43.1 Å². The van der Waals surface area contributed by atoms with Gasteiger partial charge in [0.15, 0.2) is 34.8 Å². The monoisotopic (exact) mass is 1240 g/mol. The van der Waals surface area contributed by atoms with Crippen molar-refractivity contribution in [2.24, 2.45) is 21.7 Å². The van der Waals surface area contributed by atoms with Crippen LogP contribution in [-0.2, 0) is 60.8 Å². The minimum Gasteiger partial charge on any atom is -0.464 e. The van der Waals surface area contributed by atoms with E-state index in [0.29, 0.717) is 58.2 Å². The van der Waals surface area contributed by atoms with Crippen LogP contribution < -0.4 is 0 Å². The van der Waals surface area contributed by atoms with Crippen molar-refractivity contribution < 1.29 is 105 Å². The lowest BCUT2D eigenvalue weighted by molar-refractivity contribution is -0.230. The quantitative estimate of drug-likeness (QED) is 0.0404. The van der Waals surface area contributed by atoms with E-state index in [2.05, 4.69) is 4.74 Å². The maximum atomic E-state index is 13.6. The van der Waals surface area contributed by atoms with Crippen LogP contribution in [0.4, 0.5) is 57.9 Å². The van der Waals surface area contributed by atoms with Crippen LogP contribution in [0.2, 0.25) is 0 Å². The molecule has 26 heteroatoms. The molecule has 15 nitrogen and oxygen atoms in total. The molecule has 2 aromatic carbocycles. The molecule has 0 bridgehead atoms. The predicted molar refractivity (Wildman–Crippen MR) is 291 cm³/mol. The molecule has 4 rings (SSSR count).